The number of nitrogens with one attached hydrogen (secondary N) is 1. The van der Waals surface area contributed by atoms with E-state index in [1.165, 1.54) is 0 Å². The second kappa shape index (κ2) is 4.28. The van der Waals surface area contributed by atoms with Gasteiger partial charge in [-0.2, -0.15) is 4.98 Å². The van der Waals surface area contributed by atoms with Crippen LogP contribution in [-0.2, 0) is 0 Å². The molecule has 0 atom stereocenters. The molecule has 0 amide bonds. The van der Waals surface area contributed by atoms with Crippen LogP contribution in [0.25, 0.3) is 23.0 Å². The third-order valence-corrected chi connectivity index (χ3v) is 3.18. The quantitative estimate of drug-likeness (QED) is 0.689. The average Bonchev–Trinajstić information content (AvgIpc) is 3.03. The zero-order chi connectivity index (χ0) is 13.4. The number of aromatic nitrogens is 3. The molecular weight excluding hydrogens is 240 g/mol. The highest BCUT2D eigenvalue weighted by molar-refractivity contribution is 5.67. The average molecular weight is 254 g/mol. The summed E-state index contributed by atoms with van der Waals surface area (Å²) >= 11 is 0. The second-order valence-corrected chi connectivity index (χ2v) is 4.52. The van der Waals surface area contributed by atoms with Gasteiger partial charge in [0.1, 0.15) is 0 Å². The Morgan fingerprint density at radius 1 is 1.26 bits per heavy atom. The first-order valence-electron chi connectivity index (χ1n) is 5.99. The minimum Gasteiger partial charge on any atom is -0.399 e. The summed E-state index contributed by atoms with van der Waals surface area (Å²) in [5.41, 5.74) is 10.5. The molecule has 2 heterocycles. The largest absolute Gasteiger partial charge is 0.399 e. The summed E-state index contributed by atoms with van der Waals surface area (Å²) < 4.78 is 5.33. The van der Waals surface area contributed by atoms with Gasteiger partial charge in [-0.05, 0) is 49.2 Å². The zero-order valence-corrected chi connectivity index (χ0v) is 10.8. The Bertz CT molecular complexity index is 713. The standard InChI is InChI=1S/C14H14N4O/c1-8-6-10(15)7-11(9(8)2)14-17-13(18-19-14)12-4-3-5-16-12/h3-7,16H,15H2,1-2H3. The Morgan fingerprint density at radius 3 is 2.84 bits per heavy atom. The molecular formula is C14H14N4O. The molecule has 0 saturated heterocycles. The van der Waals surface area contributed by atoms with E-state index in [9.17, 15) is 0 Å². The van der Waals surface area contributed by atoms with Gasteiger partial charge in [-0.15, -0.1) is 0 Å². The van der Waals surface area contributed by atoms with E-state index in [1.54, 1.807) is 0 Å². The van der Waals surface area contributed by atoms with Crippen molar-refractivity contribution < 1.29 is 4.52 Å². The van der Waals surface area contributed by atoms with E-state index >= 15 is 0 Å². The molecule has 0 bridgehead atoms. The first-order chi connectivity index (χ1) is 9.15. The van der Waals surface area contributed by atoms with E-state index in [0.717, 1.165) is 22.4 Å². The predicted octanol–water partition coefficient (Wildman–Crippen LogP) is 2.93. The Kier molecular flexibility index (Phi) is 2.59. The predicted molar refractivity (Wildman–Crippen MR) is 73.4 cm³/mol. The summed E-state index contributed by atoms with van der Waals surface area (Å²) in [5.74, 6) is 1.02. The van der Waals surface area contributed by atoms with E-state index in [-0.39, 0.29) is 0 Å². The number of hydrogen-bond acceptors (Lipinski definition) is 4. The van der Waals surface area contributed by atoms with Gasteiger partial charge in [-0.1, -0.05) is 5.16 Å². The normalized spacial score (nSPS) is 10.8. The van der Waals surface area contributed by atoms with Gasteiger partial charge >= 0.3 is 0 Å². The van der Waals surface area contributed by atoms with Crippen LogP contribution in [0.1, 0.15) is 11.1 Å². The maximum atomic E-state index is 5.87. The van der Waals surface area contributed by atoms with Gasteiger partial charge in [0.15, 0.2) is 0 Å². The minimum atomic E-state index is 0.484. The molecule has 0 aliphatic heterocycles. The molecule has 0 radical (unpaired) electrons. The summed E-state index contributed by atoms with van der Waals surface area (Å²) in [4.78, 5) is 7.45. The minimum absolute atomic E-state index is 0.484. The van der Waals surface area contributed by atoms with Crippen molar-refractivity contribution in [2.24, 2.45) is 0 Å². The lowest BCUT2D eigenvalue weighted by molar-refractivity contribution is 0.432. The lowest BCUT2D eigenvalue weighted by Gasteiger charge is -2.06. The number of rotatable bonds is 2. The molecule has 5 heteroatoms. The summed E-state index contributed by atoms with van der Waals surface area (Å²) in [6.45, 7) is 4.03. The number of benzene rings is 1. The molecule has 0 aliphatic carbocycles. The van der Waals surface area contributed by atoms with Crippen LogP contribution in [0.2, 0.25) is 0 Å². The number of nitrogens with zero attached hydrogens (tertiary/aromatic N) is 2. The Labute approximate surface area is 110 Å². The number of nitrogen functional groups attached to an aromatic ring is 1. The molecule has 0 aliphatic rings. The van der Waals surface area contributed by atoms with Crippen molar-refractivity contribution >= 4 is 5.69 Å². The second-order valence-electron chi connectivity index (χ2n) is 4.52. The maximum Gasteiger partial charge on any atom is 0.258 e. The molecule has 3 N–H and O–H groups in total. The molecule has 19 heavy (non-hydrogen) atoms. The molecule has 0 spiro atoms. The SMILES string of the molecule is Cc1cc(N)cc(-c2nc(-c3ccc[nH]3)no2)c1C. The third-order valence-electron chi connectivity index (χ3n) is 3.18. The van der Waals surface area contributed by atoms with Crippen LogP contribution >= 0.6 is 0 Å². The monoisotopic (exact) mass is 254 g/mol. The fourth-order valence-corrected chi connectivity index (χ4v) is 2.02. The van der Waals surface area contributed by atoms with Gasteiger partial charge in [-0.25, -0.2) is 0 Å². The van der Waals surface area contributed by atoms with E-state index < -0.39 is 0 Å². The molecule has 2 aromatic heterocycles. The smallest absolute Gasteiger partial charge is 0.258 e. The van der Waals surface area contributed by atoms with Crippen LogP contribution in [0.3, 0.4) is 0 Å². The zero-order valence-electron chi connectivity index (χ0n) is 10.8. The van der Waals surface area contributed by atoms with Crippen LogP contribution in [0.4, 0.5) is 5.69 Å². The van der Waals surface area contributed by atoms with Crippen molar-refractivity contribution in [3.05, 3.63) is 41.6 Å². The maximum absolute atomic E-state index is 5.87. The molecule has 3 aromatic rings. The van der Waals surface area contributed by atoms with Crippen molar-refractivity contribution in [1.82, 2.24) is 15.1 Å². The van der Waals surface area contributed by atoms with Gasteiger partial charge in [0, 0.05) is 17.4 Å². The summed E-state index contributed by atoms with van der Waals surface area (Å²) in [5, 5.41) is 3.98. The van der Waals surface area contributed by atoms with E-state index in [1.807, 2.05) is 44.3 Å². The highest BCUT2D eigenvalue weighted by Gasteiger charge is 2.14. The van der Waals surface area contributed by atoms with Crippen molar-refractivity contribution in [1.29, 1.82) is 0 Å². The fourth-order valence-electron chi connectivity index (χ4n) is 2.02. The van der Waals surface area contributed by atoms with E-state index in [2.05, 4.69) is 15.1 Å². The fraction of sp³-hybridized carbons (Fsp3) is 0.143. The van der Waals surface area contributed by atoms with Crippen LogP contribution in [0, 0.1) is 13.8 Å². The Balaban J connectivity index is 2.09. The summed E-state index contributed by atoms with van der Waals surface area (Å²) in [6.07, 6.45) is 1.82. The lowest BCUT2D eigenvalue weighted by atomic mass is 10.0. The van der Waals surface area contributed by atoms with Gasteiger partial charge < -0.3 is 15.2 Å². The number of aromatic amines is 1. The lowest BCUT2D eigenvalue weighted by Crippen LogP contribution is -1.93. The van der Waals surface area contributed by atoms with Crippen LogP contribution in [0.15, 0.2) is 35.0 Å². The Morgan fingerprint density at radius 2 is 2.11 bits per heavy atom. The van der Waals surface area contributed by atoms with Gasteiger partial charge in [0.05, 0.1) is 5.69 Å². The van der Waals surface area contributed by atoms with Gasteiger partial charge in [-0.3, -0.25) is 0 Å². The number of anilines is 1. The van der Waals surface area contributed by atoms with E-state index in [4.69, 9.17) is 10.3 Å². The van der Waals surface area contributed by atoms with Crippen LogP contribution < -0.4 is 5.73 Å². The topological polar surface area (TPSA) is 80.7 Å². The first-order valence-corrected chi connectivity index (χ1v) is 5.99. The van der Waals surface area contributed by atoms with E-state index in [0.29, 0.717) is 17.4 Å². The molecule has 0 saturated carbocycles. The number of hydrogen-bond donors (Lipinski definition) is 2. The van der Waals surface area contributed by atoms with Crippen molar-refractivity contribution in [3.63, 3.8) is 0 Å². The molecule has 3 rings (SSSR count). The molecule has 5 nitrogen and oxygen atoms in total. The third kappa shape index (κ3) is 1.99. The van der Waals surface area contributed by atoms with Crippen molar-refractivity contribution in [2.45, 2.75) is 13.8 Å². The van der Waals surface area contributed by atoms with Crippen molar-refractivity contribution in [2.75, 3.05) is 5.73 Å². The number of aryl methyl sites for hydroxylation is 1. The Hall–Kier alpha value is -2.56. The highest BCUT2D eigenvalue weighted by atomic mass is 16.5. The summed E-state index contributed by atoms with van der Waals surface area (Å²) in [7, 11) is 0. The molecule has 0 unspecified atom stereocenters. The van der Waals surface area contributed by atoms with Gasteiger partial charge in [0.2, 0.25) is 5.82 Å². The van der Waals surface area contributed by atoms with Crippen molar-refractivity contribution in [3.8, 4) is 23.0 Å². The first kappa shape index (κ1) is 11.5. The highest BCUT2D eigenvalue weighted by Crippen LogP contribution is 2.28. The summed E-state index contributed by atoms with van der Waals surface area (Å²) in [6, 6.07) is 7.57. The molecule has 0 fully saturated rings. The number of H-pyrrole nitrogens is 1. The van der Waals surface area contributed by atoms with Crippen LogP contribution in [-0.4, -0.2) is 15.1 Å². The molecule has 1 aromatic carbocycles. The van der Waals surface area contributed by atoms with Crippen LogP contribution in [0.5, 0.6) is 0 Å². The van der Waals surface area contributed by atoms with Gasteiger partial charge in [0.25, 0.3) is 5.89 Å². The number of nitrogens with two attached hydrogens (primary N) is 1. The molecule has 96 valence electrons.